The molecule has 124 valence electrons. The van der Waals surface area contributed by atoms with Gasteiger partial charge in [0.05, 0.1) is 7.11 Å². The Morgan fingerprint density at radius 3 is 2.38 bits per heavy atom. The van der Waals surface area contributed by atoms with Crippen molar-refractivity contribution in [2.75, 3.05) is 7.11 Å². The smallest absolute Gasteiger partial charge is 0.114 e. The summed E-state index contributed by atoms with van der Waals surface area (Å²) < 4.78 is 5.31. The summed E-state index contributed by atoms with van der Waals surface area (Å²) in [6, 6.07) is 8.92. The third-order valence-electron chi connectivity index (χ3n) is 4.80. The number of aryl methyl sites for hydroxylation is 1. The van der Waals surface area contributed by atoms with Gasteiger partial charge in [-0.15, -0.1) is 0 Å². The zero-order valence-electron chi connectivity index (χ0n) is 14.8. The lowest BCUT2D eigenvalue weighted by Crippen LogP contribution is -2.06. The molecule has 2 aliphatic rings. The molecule has 0 fully saturated rings. The molecule has 24 heavy (non-hydrogen) atoms. The van der Waals surface area contributed by atoms with E-state index in [-0.39, 0.29) is 0 Å². The van der Waals surface area contributed by atoms with Crippen molar-refractivity contribution in [2.45, 2.75) is 26.7 Å². The summed E-state index contributed by atoms with van der Waals surface area (Å²) in [5, 5.41) is 0. The quantitative estimate of drug-likeness (QED) is 0.661. The molecule has 1 aromatic rings. The SMILES string of the molecule is COC1=CCC(/C=C(/c2ccc(C)cc2)C2C=CC(C)=CC2)C=C1. The number of rotatable bonds is 4. The Morgan fingerprint density at radius 1 is 1.00 bits per heavy atom. The van der Waals surface area contributed by atoms with Gasteiger partial charge in [0, 0.05) is 5.92 Å². The lowest BCUT2D eigenvalue weighted by Gasteiger charge is -2.22. The number of benzene rings is 1. The molecule has 0 N–H and O–H groups in total. The van der Waals surface area contributed by atoms with Crippen molar-refractivity contribution < 1.29 is 4.74 Å². The predicted octanol–water partition coefficient (Wildman–Crippen LogP) is 6.01. The third kappa shape index (κ3) is 3.97. The summed E-state index contributed by atoms with van der Waals surface area (Å²) in [6.45, 7) is 4.31. The van der Waals surface area contributed by atoms with Gasteiger partial charge >= 0.3 is 0 Å². The van der Waals surface area contributed by atoms with Gasteiger partial charge in [0.25, 0.3) is 0 Å². The van der Waals surface area contributed by atoms with E-state index >= 15 is 0 Å². The molecule has 0 radical (unpaired) electrons. The predicted molar refractivity (Wildman–Crippen MR) is 102 cm³/mol. The molecule has 1 nitrogen and oxygen atoms in total. The molecule has 1 aromatic carbocycles. The Kier molecular flexibility index (Phi) is 5.20. The van der Waals surface area contributed by atoms with Gasteiger partial charge in [0.15, 0.2) is 0 Å². The summed E-state index contributed by atoms with van der Waals surface area (Å²) in [4.78, 5) is 0. The summed E-state index contributed by atoms with van der Waals surface area (Å²) >= 11 is 0. The fraction of sp³-hybridized carbons (Fsp3) is 0.304. The van der Waals surface area contributed by atoms with Gasteiger partial charge in [-0.2, -0.15) is 0 Å². The zero-order chi connectivity index (χ0) is 16.9. The van der Waals surface area contributed by atoms with E-state index in [0.29, 0.717) is 11.8 Å². The first-order chi connectivity index (χ1) is 11.7. The van der Waals surface area contributed by atoms with Gasteiger partial charge in [0.2, 0.25) is 0 Å². The lowest BCUT2D eigenvalue weighted by molar-refractivity contribution is 0.302. The van der Waals surface area contributed by atoms with E-state index in [0.717, 1.165) is 18.6 Å². The fourth-order valence-corrected chi connectivity index (χ4v) is 3.26. The zero-order valence-corrected chi connectivity index (χ0v) is 14.8. The number of ether oxygens (including phenoxy) is 1. The van der Waals surface area contributed by atoms with Crippen LogP contribution in [0.25, 0.3) is 5.57 Å². The van der Waals surface area contributed by atoms with Crippen molar-refractivity contribution in [2.24, 2.45) is 11.8 Å². The van der Waals surface area contributed by atoms with Crippen LogP contribution in [0.2, 0.25) is 0 Å². The van der Waals surface area contributed by atoms with Crippen LogP contribution >= 0.6 is 0 Å². The highest BCUT2D eigenvalue weighted by Crippen LogP contribution is 2.33. The Morgan fingerprint density at radius 2 is 1.79 bits per heavy atom. The number of allylic oxidation sites excluding steroid dienone is 9. The molecule has 0 aliphatic heterocycles. The van der Waals surface area contributed by atoms with Crippen LogP contribution in [0.5, 0.6) is 0 Å². The normalized spacial score (nSPS) is 23.7. The van der Waals surface area contributed by atoms with Crippen molar-refractivity contribution in [1.29, 1.82) is 0 Å². The first-order valence-electron chi connectivity index (χ1n) is 8.72. The highest BCUT2D eigenvalue weighted by molar-refractivity contribution is 5.70. The van der Waals surface area contributed by atoms with Crippen LogP contribution in [-0.2, 0) is 4.74 Å². The molecule has 0 heterocycles. The van der Waals surface area contributed by atoms with Gasteiger partial charge in [-0.1, -0.05) is 65.8 Å². The number of hydrogen-bond donors (Lipinski definition) is 0. The van der Waals surface area contributed by atoms with Gasteiger partial charge in [-0.05, 0) is 55.9 Å². The summed E-state index contributed by atoms with van der Waals surface area (Å²) in [7, 11) is 1.73. The standard InChI is InChI=1S/C23H26O/c1-17-4-10-20(11-5-17)23(21-12-6-18(2)7-13-21)16-19-8-14-22(24-3)15-9-19/h4-8,10-12,14-16,19,21H,9,13H2,1-3H3/b23-16-. The number of hydrogen-bond acceptors (Lipinski definition) is 1. The molecule has 3 rings (SSSR count). The van der Waals surface area contributed by atoms with Gasteiger partial charge < -0.3 is 4.74 Å². The van der Waals surface area contributed by atoms with E-state index in [1.54, 1.807) is 7.11 Å². The van der Waals surface area contributed by atoms with Crippen molar-refractivity contribution in [1.82, 2.24) is 0 Å². The molecule has 1 heteroatoms. The summed E-state index contributed by atoms with van der Waals surface area (Å²) in [5.74, 6) is 1.85. The molecule has 0 saturated heterocycles. The molecule has 0 spiro atoms. The molecule has 0 bridgehead atoms. The lowest BCUT2D eigenvalue weighted by atomic mass is 9.83. The average molecular weight is 318 g/mol. The second-order valence-corrected chi connectivity index (χ2v) is 6.71. The highest BCUT2D eigenvalue weighted by atomic mass is 16.5. The van der Waals surface area contributed by atoms with Crippen LogP contribution < -0.4 is 0 Å². The second kappa shape index (κ2) is 7.53. The molecular weight excluding hydrogens is 292 g/mol. The minimum atomic E-state index is 0.431. The second-order valence-electron chi connectivity index (χ2n) is 6.71. The molecule has 0 aromatic heterocycles. The maximum atomic E-state index is 5.31. The van der Waals surface area contributed by atoms with Crippen LogP contribution in [0, 0.1) is 18.8 Å². The highest BCUT2D eigenvalue weighted by Gasteiger charge is 2.17. The van der Waals surface area contributed by atoms with E-state index in [1.165, 1.54) is 22.3 Å². The molecular formula is C23H26O. The maximum absolute atomic E-state index is 5.31. The third-order valence-corrected chi connectivity index (χ3v) is 4.80. The molecule has 2 atom stereocenters. The Bertz CT molecular complexity index is 726. The topological polar surface area (TPSA) is 9.23 Å². The van der Waals surface area contributed by atoms with E-state index < -0.39 is 0 Å². The van der Waals surface area contributed by atoms with E-state index in [4.69, 9.17) is 4.74 Å². The summed E-state index contributed by atoms with van der Waals surface area (Å²) in [6.07, 6.45) is 18.0. The van der Waals surface area contributed by atoms with E-state index in [1.807, 2.05) is 0 Å². The molecule has 0 saturated carbocycles. The van der Waals surface area contributed by atoms with Crippen LogP contribution in [0.1, 0.15) is 30.9 Å². The minimum Gasteiger partial charge on any atom is -0.497 e. The molecule has 0 amide bonds. The van der Waals surface area contributed by atoms with E-state index in [2.05, 4.69) is 80.6 Å². The monoisotopic (exact) mass is 318 g/mol. The molecule has 2 unspecified atom stereocenters. The largest absolute Gasteiger partial charge is 0.497 e. The minimum absolute atomic E-state index is 0.431. The fourth-order valence-electron chi connectivity index (χ4n) is 3.26. The van der Waals surface area contributed by atoms with Crippen LogP contribution in [0.4, 0.5) is 0 Å². The molecule has 2 aliphatic carbocycles. The Balaban J connectivity index is 1.89. The van der Waals surface area contributed by atoms with Crippen molar-refractivity contribution >= 4 is 5.57 Å². The van der Waals surface area contributed by atoms with Gasteiger partial charge in [-0.3, -0.25) is 0 Å². The Hall–Kier alpha value is -2.28. The summed E-state index contributed by atoms with van der Waals surface area (Å²) in [5.41, 5.74) is 5.43. The van der Waals surface area contributed by atoms with Crippen molar-refractivity contribution in [3.05, 3.63) is 89.3 Å². The Labute approximate surface area is 145 Å². The first kappa shape index (κ1) is 16.6. The first-order valence-corrected chi connectivity index (χ1v) is 8.72. The van der Waals surface area contributed by atoms with Crippen LogP contribution in [0.15, 0.2) is 78.1 Å². The van der Waals surface area contributed by atoms with E-state index in [9.17, 15) is 0 Å². The van der Waals surface area contributed by atoms with Crippen molar-refractivity contribution in [3.8, 4) is 0 Å². The van der Waals surface area contributed by atoms with Crippen molar-refractivity contribution in [3.63, 3.8) is 0 Å². The van der Waals surface area contributed by atoms with Crippen LogP contribution in [0.3, 0.4) is 0 Å². The van der Waals surface area contributed by atoms with Crippen LogP contribution in [-0.4, -0.2) is 7.11 Å². The number of methoxy groups -OCH3 is 1. The van der Waals surface area contributed by atoms with Gasteiger partial charge in [0.1, 0.15) is 5.76 Å². The maximum Gasteiger partial charge on any atom is 0.114 e. The van der Waals surface area contributed by atoms with Gasteiger partial charge in [-0.25, -0.2) is 0 Å². The average Bonchev–Trinajstić information content (AvgIpc) is 2.62.